The second kappa shape index (κ2) is 7.32. The lowest BCUT2D eigenvalue weighted by molar-refractivity contribution is 0.102. The van der Waals surface area contributed by atoms with E-state index in [1.54, 1.807) is 18.5 Å². The molecule has 6 heteroatoms. The predicted octanol–water partition coefficient (Wildman–Crippen LogP) is 3.04. The molecule has 0 fully saturated rings. The number of carbonyl (C=O) groups is 1. The summed E-state index contributed by atoms with van der Waals surface area (Å²) in [4.78, 5) is 24.9. The smallest absolute Gasteiger partial charge is 0.274 e. The number of aromatic nitrogens is 3. The number of benzene rings is 1. The van der Waals surface area contributed by atoms with E-state index < -0.39 is 0 Å². The quantitative estimate of drug-likeness (QED) is 0.755. The van der Waals surface area contributed by atoms with Gasteiger partial charge in [-0.25, -0.2) is 9.97 Å². The highest BCUT2D eigenvalue weighted by atomic mass is 16.1. The monoisotopic (exact) mass is 319 g/mol. The minimum absolute atomic E-state index is 0.274. The molecule has 0 bridgehead atoms. The van der Waals surface area contributed by atoms with E-state index >= 15 is 0 Å². The summed E-state index contributed by atoms with van der Waals surface area (Å²) in [5, 5.41) is 5.90. The second-order valence-electron chi connectivity index (χ2n) is 5.26. The van der Waals surface area contributed by atoms with Gasteiger partial charge in [0.25, 0.3) is 5.91 Å². The van der Waals surface area contributed by atoms with Crippen molar-refractivity contribution in [2.24, 2.45) is 0 Å². The Kier molecular flexibility index (Phi) is 4.76. The first kappa shape index (κ1) is 15.6. The van der Waals surface area contributed by atoms with Crippen LogP contribution in [-0.4, -0.2) is 20.9 Å². The van der Waals surface area contributed by atoms with Crippen LogP contribution < -0.4 is 10.6 Å². The summed E-state index contributed by atoms with van der Waals surface area (Å²) in [5.74, 6) is 0.112. The normalized spacial score (nSPS) is 10.2. The van der Waals surface area contributed by atoms with Gasteiger partial charge in [0, 0.05) is 18.1 Å². The van der Waals surface area contributed by atoms with Crippen molar-refractivity contribution in [3.8, 4) is 0 Å². The van der Waals surface area contributed by atoms with Crippen molar-refractivity contribution in [2.45, 2.75) is 13.5 Å². The van der Waals surface area contributed by atoms with Gasteiger partial charge >= 0.3 is 0 Å². The molecule has 0 saturated carbocycles. The lowest BCUT2D eigenvalue weighted by Gasteiger charge is -2.07. The number of nitrogens with one attached hydrogen (secondary N) is 2. The summed E-state index contributed by atoms with van der Waals surface area (Å²) in [7, 11) is 0. The van der Waals surface area contributed by atoms with E-state index in [2.05, 4.69) is 25.6 Å². The standard InChI is InChI=1S/C18H17N5O/c1-13-5-4-7-14(11-13)22-17(24)16-8-10-20-18(23-16)21-12-15-6-2-3-9-19-15/h2-11H,12H2,1H3,(H,22,24)(H,20,21,23). The Balaban J connectivity index is 1.67. The van der Waals surface area contributed by atoms with Crippen LogP contribution >= 0.6 is 0 Å². The van der Waals surface area contributed by atoms with Crippen LogP contribution in [-0.2, 0) is 6.54 Å². The zero-order valence-corrected chi connectivity index (χ0v) is 13.2. The van der Waals surface area contributed by atoms with Gasteiger partial charge in [0.2, 0.25) is 5.95 Å². The molecule has 24 heavy (non-hydrogen) atoms. The Bertz CT molecular complexity index is 836. The predicted molar refractivity (Wildman–Crippen MR) is 92.7 cm³/mol. The largest absolute Gasteiger partial charge is 0.349 e. The third-order valence-electron chi connectivity index (χ3n) is 3.32. The number of carbonyl (C=O) groups excluding carboxylic acids is 1. The van der Waals surface area contributed by atoms with E-state index in [-0.39, 0.29) is 5.91 Å². The van der Waals surface area contributed by atoms with Crippen molar-refractivity contribution < 1.29 is 4.79 Å². The number of pyridine rings is 1. The highest BCUT2D eigenvalue weighted by Crippen LogP contribution is 2.11. The molecule has 120 valence electrons. The Morgan fingerprint density at radius 1 is 1.04 bits per heavy atom. The zero-order valence-electron chi connectivity index (χ0n) is 13.2. The topological polar surface area (TPSA) is 79.8 Å². The second-order valence-corrected chi connectivity index (χ2v) is 5.26. The van der Waals surface area contributed by atoms with Gasteiger partial charge in [-0.1, -0.05) is 18.2 Å². The molecule has 0 radical (unpaired) electrons. The number of hydrogen-bond donors (Lipinski definition) is 2. The molecule has 0 spiro atoms. The third kappa shape index (κ3) is 4.13. The zero-order chi connectivity index (χ0) is 16.8. The first-order valence-corrected chi connectivity index (χ1v) is 7.55. The number of amides is 1. The van der Waals surface area contributed by atoms with Crippen LogP contribution in [0.2, 0.25) is 0 Å². The van der Waals surface area contributed by atoms with Crippen LogP contribution in [0.4, 0.5) is 11.6 Å². The Morgan fingerprint density at radius 3 is 2.75 bits per heavy atom. The van der Waals surface area contributed by atoms with E-state index in [0.29, 0.717) is 18.2 Å². The molecular weight excluding hydrogens is 302 g/mol. The molecule has 1 aromatic carbocycles. The maximum atomic E-state index is 12.3. The van der Waals surface area contributed by atoms with Crippen LogP contribution in [0.3, 0.4) is 0 Å². The molecule has 1 amide bonds. The van der Waals surface area contributed by atoms with Crippen LogP contribution in [0.5, 0.6) is 0 Å². The molecule has 0 aliphatic rings. The molecular formula is C18H17N5O. The van der Waals surface area contributed by atoms with E-state index in [4.69, 9.17) is 0 Å². The molecule has 0 aliphatic carbocycles. The summed E-state index contributed by atoms with van der Waals surface area (Å²) in [5.41, 5.74) is 2.99. The maximum absolute atomic E-state index is 12.3. The summed E-state index contributed by atoms with van der Waals surface area (Å²) >= 11 is 0. The van der Waals surface area contributed by atoms with Gasteiger partial charge in [0.05, 0.1) is 12.2 Å². The van der Waals surface area contributed by atoms with Gasteiger partial charge in [-0.15, -0.1) is 0 Å². The summed E-state index contributed by atoms with van der Waals surface area (Å²) in [6.45, 7) is 2.46. The fraction of sp³-hybridized carbons (Fsp3) is 0.111. The summed E-state index contributed by atoms with van der Waals surface area (Å²) in [6.07, 6.45) is 3.28. The van der Waals surface area contributed by atoms with Crippen molar-refractivity contribution in [1.82, 2.24) is 15.0 Å². The fourth-order valence-corrected chi connectivity index (χ4v) is 2.16. The molecule has 0 saturated heterocycles. The van der Waals surface area contributed by atoms with Crippen molar-refractivity contribution >= 4 is 17.5 Å². The average molecular weight is 319 g/mol. The van der Waals surface area contributed by atoms with E-state index in [1.807, 2.05) is 49.4 Å². The number of aryl methyl sites for hydroxylation is 1. The van der Waals surface area contributed by atoms with Crippen LogP contribution in [0.1, 0.15) is 21.7 Å². The highest BCUT2D eigenvalue weighted by Gasteiger charge is 2.09. The molecule has 2 aromatic heterocycles. The number of anilines is 2. The third-order valence-corrected chi connectivity index (χ3v) is 3.32. The van der Waals surface area contributed by atoms with E-state index in [9.17, 15) is 4.79 Å². The molecule has 3 aromatic rings. The Hall–Kier alpha value is -3.28. The minimum atomic E-state index is -0.274. The van der Waals surface area contributed by atoms with Gasteiger partial charge in [0.1, 0.15) is 5.69 Å². The summed E-state index contributed by atoms with van der Waals surface area (Å²) < 4.78 is 0. The first-order chi connectivity index (χ1) is 11.7. The van der Waals surface area contributed by atoms with Gasteiger partial charge in [-0.2, -0.15) is 0 Å². The van der Waals surface area contributed by atoms with Gasteiger partial charge in [-0.3, -0.25) is 9.78 Å². The lowest BCUT2D eigenvalue weighted by Crippen LogP contribution is -2.15. The van der Waals surface area contributed by atoms with Crippen molar-refractivity contribution in [3.63, 3.8) is 0 Å². The van der Waals surface area contributed by atoms with Crippen LogP contribution in [0.15, 0.2) is 60.9 Å². The first-order valence-electron chi connectivity index (χ1n) is 7.55. The molecule has 2 N–H and O–H groups in total. The SMILES string of the molecule is Cc1cccc(NC(=O)c2ccnc(NCc3ccccn3)n2)c1. The van der Waals surface area contributed by atoms with Gasteiger partial charge in [0.15, 0.2) is 0 Å². The molecule has 0 unspecified atom stereocenters. The number of rotatable bonds is 5. The van der Waals surface area contributed by atoms with Crippen molar-refractivity contribution in [1.29, 1.82) is 0 Å². The Morgan fingerprint density at radius 2 is 1.96 bits per heavy atom. The van der Waals surface area contributed by atoms with Gasteiger partial charge < -0.3 is 10.6 Å². The van der Waals surface area contributed by atoms with Crippen molar-refractivity contribution in [3.05, 3.63) is 77.9 Å². The molecule has 2 heterocycles. The Labute approximate surface area is 140 Å². The summed E-state index contributed by atoms with van der Waals surface area (Å²) in [6, 6.07) is 14.9. The van der Waals surface area contributed by atoms with Crippen molar-refractivity contribution in [2.75, 3.05) is 10.6 Å². The highest BCUT2D eigenvalue weighted by molar-refractivity contribution is 6.02. The van der Waals surface area contributed by atoms with Crippen LogP contribution in [0, 0.1) is 6.92 Å². The molecule has 0 aliphatic heterocycles. The van der Waals surface area contributed by atoms with E-state index in [1.165, 1.54) is 0 Å². The fourth-order valence-electron chi connectivity index (χ4n) is 2.16. The average Bonchev–Trinajstić information content (AvgIpc) is 2.61. The minimum Gasteiger partial charge on any atom is -0.349 e. The van der Waals surface area contributed by atoms with Gasteiger partial charge in [-0.05, 0) is 42.8 Å². The molecule has 0 atom stereocenters. The molecule has 3 rings (SSSR count). The maximum Gasteiger partial charge on any atom is 0.274 e. The van der Waals surface area contributed by atoms with E-state index in [0.717, 1.165) is 16.9 Å². The van der Waals surface area contributed by atoms with Crippen LogP contribution in [0.25, 0.3) is 0 Å². The lowest BCUT2D eigenvalue weighted by atomic mass is 10.2. The number of nitrogens with zero attached hydrogens (tertiary/aromatic N) is 3. The number of hydrogen-bond acceptors (Lipinski definition) is 5. The molecule has 6 nitrogen and oxygen atoms in total.